The van der Waals surface area contributed by atoms with Gasteiger partial charge in [0, 0.05) is 0 Å². The third kappa shape index (κ3) is 2.23. The van der Waals surface area contributed by atoms with Gasteiger partial charge in [-0.2, -0.15) is 5.26 Å². The lowest BCUT2D eigenvalue weighted by Gasteiger charge is -2.04. The van der Waals surface area contributed by atoms with Gasteiger partial charge in [-0.25, -0.2) is 9.18 Å². The number of carbonyl (C=O) groups is 2. The number of rotatable bonds is 3. The molecule has 1 rings (SSSR count). The molecule has 0 unspecified atom stereocenters. The van der Waals surface area contributed by atoms with E-state index in [2.05, 4.69) is 4.74 Å². The van der Waals surface area contributed by atoms with Crippen molar-refractivity contribution in [3.05, 3.63) is 34.6 Å². The maximum absolute atomic E-state index is 13.3. The largest absolute Gasteiger partial charge is 0.462 e. The first kappa shape index (κ1) is 11.9. The van der Waals surface area contributed by atoms with Crippen molar-refractivity contribution in [2.75, 3.05) is 6.61 Å². The minimum Gasteiger partial charge on any atom is -0.462 e. The molecule has 1 aromatic carbocycles. The number of hydrogen-bond donors (Lipinski definition) is 0. The van der Waals surface area contributed by atoms with Crippen LogP contribution >= 0.6 is 0 Å². The van der Waals surface area contributed by atoms with E-state index in [0.717, 1.165) is 12.1 Å². The molecular weight excluding hydrogens is 213 g/mol. The third-order valence-electron chi connectivity index (χ3n) is 1.86. The Balaban J connectivity index is 3.28. The number of nitriles is 1. The van der Waals surface area contributed by atoms with E-state index in [9.17, 15) is 14.0 Å². The summed E-state index contributed by atoms with van der Waals surface area (Å²) >= 11 is 0. The fourth-order valence-corrected chi connectivity index (χ4v) is 1.15. The minimum atomic E-state index is -0.925. The first-order chi connectivity index (χ1) is 7.63. The number of ether oxygens (including phenoxy) is 1. The highest BCUT2D eigenvalue weighted by molar-refractivity contribution is 5.92. The van der Waals surface area contributed by atoms with Gasteiger partial charge in [-0.05, 0) is 19.1 Å². The molecule has 0 spiro atoms. The summed E-state index contributed by atoms with van der Waals surface area (Å²) in [4.78, 5) is 21.8. The molecule has 0 atom stereocenters. The van der Waals surface area contributed by atoms with Gasteiger partial charge in [-0.15, -0.1) is 0 Å². The van der Waals surface area contributed by atoms with Crippen molar-refractivity contribution in [2.24, 2.45) is 0 Å². The molecule has 0 heterocycles. The van der Waals surface area contributed by atoms with Gasteiger partial charge in [-0.1, -0.05) is 0 Å². The van der Waals surface area contributed by atoms with Gasteiger partial charge < -0.3 is 4.74 Å². The Labute approximate surface area is 91.3 Å². The molecule has 82 valence electrons. The second kappa shape index (κ2) is 5.03. The smallest absolute Gasteiger partial charge is 0.338 e. The Kier molecular flexibility index (Phi) is 3.72. The molecule has 0 radical (unpaired) electrons. The molecule has 0 fully saturated rings. The van der Waals surface area contributed by atoms with Crippen molar-refractivity contribution >= 4 is 12.3 Å². The summed E-state index contributed by atoms with van der Waals surface area (Å²) in [7, 11) is 0. The fraction of sp³-hybridized carbons (Fsp3) is 0.182. The summed E-state index contributed by atoms with van der Waals surface area (Å²) in [5, 5.41) is 8.62. The van der Waals surface area contributed by atoms with Gasteiger partial charge in [0.15, 0.2) is 12.1 Å². The molecule has 0 aliphatic carbocycles. The normalized spacial score (nSPS) is 9.31. The van der Waals surface area contributed by atoms with Crippen LogP contribution < -0.4 is 0 Å². The zero-order valence-electron chi connectivity index (χ0n) is 8.49. The highest BCUT2D eigenvalue weighted by Crippen LogP contribution is 2.15. The minimum absolute atomic E-state index is 0.0121. The predicted octanol–water partition coefficient (Wildman–Crippen LogP) is 1.69. The molecule has 4 nitrogen and oxygen atoms in total. The molecule has 0 saturated heterocycles. The highest BCUT2D eigenvalue weighted by atomic mass is 19.1. The van der Waals surface area contributed by atoms with Crippen LogP contribution in [0.2, 0.25) is 0 Å². The predicted molar refractivity (Wildman–Crippen MR) is 52.5 cm³/mol. The summed E-state index contributed by atoms with van der Waals surface area (Å²) in [6.07, 6.45) is 0.249. The highest BCUT2D eigenvalue weighted by Gasteiger charge is 2.14. The van der Waals surface area contributed by atoms with Crippen LogP contribution in [0.3, 0.4) is 0 Å². The van der Waals surface area contributed by atoms with Gasteiger partial charge in [0.2, 0.25) is 0 Å². The van der Waals surface area contributed by atoms with Crippen molar-refractivity contribution in [2.45, 2.75) is 6.92 Å². The number of nitrogens with zero attached hydrogens (tertiary/aromatic N) is 1. The monoisotopic (exact) mass is 221 g/mol. The number of carbonyl (C=O) groups excluding carboxylic acids is 2. The van der Waals surface area contributed by atoms with E-state index in [1.54, 1.807) is 13.0 Å². The summed E-state index contributed by atoms with van der Waals surface area (Å²) in [6.45, 7) is 1.78. The lowest BCUT2D eigenvalue weighted by Crippen LogP contribution is -2.07. The van der Waals surface area contributed by atoms with Crippen LogP contribution in [-0.4, -0.2) is 18.9 Å². The molecule has 0 aliphatic rings. The lowest BCUT2D eigenvalue weighted by molar-refractivity contribution is 0.0526. The molecular formula is C11H8FNO3. The van der Waals surface area contributed by atoms with E-state index in [-0.39, 0.29) is 29.6 Å². The van der Waals surface area contributed by atoms with Crippen LogP contribution in [0.1, 0.15) is 33.2 Å². The van der Waals surface area contributed by atoms with Crippen LogP contribution in [0.25, 0.3) is 0 Å². The van der Waals surface area contributed by atoms with E-state index in [1.807, 2.05) is 0 Å². The zero-order valence-corrected chi connectivity index (χ0v) is 8.49. The second-order valence-electron chi connectivity index (χ2n) is 2.88. The molecule has 0 amide bonds. The van der Waals surface area contributed by atoms with Crippen LogP contribution in [0.4, 0.5) is 4.39 Å². The van der Waals surface area contributed by atoms with Crippen LogP contribution in [-0.2, 0) is 4.74 Å². The number of benzene rings is 1. The zero-order chi connectivity index (χ0) is 12.1. The van der Waals surface area contributed by atoms with Crippen LogP contribution in [0.15, 0.2) is 12.1 Å². The van der Waals surface area contributed by atoms with Crippen molar-refractivity contribution < 1.29 is 18.7 Å². The summed E-state index contributed by atoms with van der Waals surface area (Å²) < 4.78 is 18.0. The second-order valence-corrected chi connectivity index (χ2v) is 2.88. The average Bonchev–Trinajstić information content (AvgIpc) is 2.29. The third-order valence-corrected chi connectivity index (χ3v) is 1.86. The SMILES string of the molecule is CCOC(=O)c1cc(C#N)c(F)c(C=O)c1. The first-order valence-corrected chi connectivity index (χ1v) is 4.50. The number of esters is 1. The number of halogens is 1. The van der Waals surface area contributed by atoms with Gasteiger partial charge in [0.25, 0.3) is 0 Å². The Hall–Kier alpha value is -2.22. The molecule has 0 aliphatic heterocycles. The number of hydrogen-bond acceptors (Lipinski definition) is 4. The summed E-state index contributed by atoms with van der Waals surface area (Å²) in [6, 6.07) is 3.68. The molecule has 16 heavy (non-hydrogen) atoms. The molecule has 0 saturated carbocycles. The van der Waals surface area contributed by atoms with Crippen LogP contribution in [0, 0.1) is 17.1 Å². The average molecular weight is 221 g/mol. The van der Waals surface area contributed by atoms with Gasteiger partial charge in [0.05, 0.1) is 23.3 Å². The van der Waals surface area contributed by atoms with E-state index < -0.39 is 11.8 Å². The summed E-state index contributed by atoms with van der Waals surface area (Å²) in [5.41, 5.74) is -0.698. The quantitative estimate of drug-likeness (QED) is 0.575. The number of aldehydes is 1. The molecule has 0 aromatic heterocycles. The molecule has 0 N–H and O–H groups in total. The van der Waals surface area contributed by atoms with E-state index in [1.165, 1.54) is 0 Å². The van der Waals surface area contributed by atoms with Gasteiger partial charge in [-0.3, -0.25) is 4.79 Å². The van der Waals surface area contributed by atoms with Gasteiger partial charge >= 0.3 is 5.97 Å². The fourth-order valence-electron chi connectivity index (χ4n) is 1.15. The maximum atomic E-state index is 13.3. The Morgan fingerprint density at radius 2 is 2.31 bits per heavy atom. The maximum Gasteiger partial charge on any atom is 0.338 e. The first-order valence-electron chi connectivity index (χ1n) is 4.50. The van der Waals surface area contributed by atoms with E-state index >= 15 is 0 Å². The van der Waals surface area contributed by atoms with Gasteiger partial charge in [0.1, 0.15) is 6.07 Å². The van der Waals surface area contributed by atoms with Crippen molar-refractivity contribution in [3.63, 3.8) is 0 Å². The van der Waals surface area contributed by atoms with Crippen molar-refractivity contribution in [1.29, 1.82) is 5.26 Å². The standard InChI is InChI=1S/C11H8FNO3/c1-2-16-11(15)7-3-8(5-13)10(12)9(4-7)6-14/h3-4,6H,2H2,1H3. The van der Waals surface area contributed by atoms with Crippen molar-refractivity contribution in [3.8, 4) is 6.07 Å². The topological polar surface area (TPSA) is 67.2 Å². The lowest BCUT2D eigenvalue weighted by atomic mass is 10.1. The molecule has 5 heteroatoms. The van der Waals surface area contributed by atoms with Crippen molar-refractivity contribution in [1.82, 2.24) is 0 Å². The Morgan fingerprint density at radius 1 is 1.62 bits per heavy atom. The molecule has 0 bridgehead atoms. The summed E-state index contributed by atoms with van der Waals surface area (Å²) in [5.74, 6) is -1.62. The van der Waals surface area contributed by atoms with E-state index in [4.69, 9.17) is 5.26 Å². The van der Waals surface area contributed by atoms with E-state index in [0.29, 0.717) is 0 Å². The van der Waals surface area contributed by atoms with Crippen LogP contribution in [0.5, 0.6) is 0 Å². The molecule has 1 aromatic rings. The Morgan fingerprint density at radius 3 is 2.81 bits per heavy atom. The Bertz CT molecular complexity index is 477.